The van der Waals surface area contributed by atoms with Crippen molar-refractivity contribution < 1.29 is 18.7 Å². The van der Waals surface area contributed by atoms with E-state index >= 15 is 0 Å². The summed E-state index contributed by atoms with van der Waals surface area (Å²) in [6, 6.07) is 0.116. The summed E-state index contributed by atoms with van der Waals surface area (Å²) in [6.45, 7) is 5.52. The van der Waals surface area contributed by atoms with Gasteiger partial charge in [0.1, 0.15) is 18.1 Å². The number of hydrogen-bond acceptors (Lipinski definition) is 4. The molecule has 1 fully saturated rings. The molecule has 1 amide bonds. The monoisotopic (exact) mass is 293 g/mol. The van der Waals surface area contributed by atoms with Crippen LogP contribution in [0.3, 0.4) is 0 Å². The molecule has 0 unspecified atom stereocenters. The molecule has 0 radical (unpaired) electrons. The van der Waals surface area contributed by atoms with E-state index in [1.54, 1.807) is 11.8 Å². The number of amides is 1. The first-order valence-electron chi connectivity index (χ1n) is 7.40. The minimum Gasteiger partial charge on any atom is -0.468 e. The lowest BCUT2D eigenvalue weighted by molar-refractivity contribution is -0.141. The number of aryl methyl sites for hydroxylation is 2. The van der Waals surface area contributed by atoms with E-state index in [9.17, 15) is 9.59 Å². The van der Waals surface area contributed by atoms with Crippen LogP contribution in [-0.4, -0.2) is 36.5 Å². The molecule has 1 aliphatic carbocycles. The van der Waals surface area contributed by atoms with Crippen LogP contribution in [0.15, 0.2) is 4.42 Å². The average Bonchev–Trinajstić information content (AvgIpc) is 3.05. The molecule has 0 saturated heterocycles. The number of furan rings is 1. The van der Waals surface area contributed by atoms with Gasteiger partial charge in [0, 0.05) is 11.6 Å². The van der Waals surface area contributed by atoms with Crippen molar-refractivity contribution in [1.82, 2.24) is 4.90 Å². The Hall–Kier alpha value is -1.78. The van der Waals surface area contributed by atoms with E-state index in [0.29, 0.717) is 11.3 Å². The van der Waals surface area contributed by atoms with Gasteiger partial charge in [0.05, 0.1) is 12.7 Å². The second-order valence-corrected chi connectivity index (χ2v) is 5.66. The van der Waals surface area contributed by atoms with Crippen LogP contribution in [0.1, 0.15) is 53.1 Å². The summed E-state index contributed by atoms with van der Waals surface area (Å²) in [5.41, 5.74) is 1.44. The first-order chi connectivity index (χ1) is 9.95. The first-order valence-corrected chi connectivity index (χ1v) is 7.40. The number of methoxy groups -OCH3 is 1. The fourth-order valence-electron chi connectivity index (χ4n) is 3.04. The van der Waals surface area contributed by atoms with E-state index in [2.05, 4.69) is 0 Å². The maximum absolute atomic E-state index is 12.9. The lowest BCUT2D eigenvalue weighted by atomic mass is 10.1. The average molecular weight is 293 g/mol. The van der Waals surface area contributed by atoms with Gasteiger partial charge in [0.2, 0.25) is 0 Å². The van der Waals surface area contributed by atoms with Gasteiger partial charge in [0.25, 0.3) is 5.91 Å². The number of carbonyl (C=O) groups is 2. The Morgan fingerprint density at radius 3 is 2.29 bits per heavy atom. The normalized spacial score (nSPS) is 15.2. The third kappa shape index (κ3) is 3.12. The van der Waals surface area contributed by atoms with E-state index in [1.807, 2.05) is 13.8 Å². The molecular weight excluding hydrogens is 270 g/mol. The second-order valence-electron chi connectivity index (χ2n) is 5.66. The van der Waals surface area contributed by atoms with Gasteiger partial charge in [-0.15, -0.1) is 0 Å². The van der Waals surface area contributed by atoms with Crippen LogP contribution < -0.4 is 0 Å². The molecule has 2 rings (SSSR count). The first kappa shape index (κ1) is 15.6. The van der Waals surface area contributed by atoms with Gasteiger partial charge in [-0.1, -0.05) is 12.8 Å². The van der Waals surface area contributed by atoms with Gasteiger partial charge in [-0.25, -0.2) is 0 Å². The summed E-state index contributed by atoms with van der Waals surface area (Å²) >= 11 is 0. The number of nitrogens with zero attached hydrogens (tertiary/aromatic N) is 1. The Morgan fingerprint density at radius 1 is 1.19 bits per heavy atom. The molecule has 1 aromatic heterocycles. The van der Waals surface area contributed by atoms with Crippen molar-refractivity contribution in [3.8, 4) is 0 Å². The summed E-state index contributed by atoms with van der Waals surface area (Å²) in [5.74, 6) is 0.855. The van der Waals surface area contributed by atoms with Gasteiger partial charge >= 0.3 is 5.97 Å². The summed E-state index contributed by atoms with van der Waals surface area (Å²) in [5, 5.41) is 0. The fraction of sp³-hybridized carbons (Fsp3) is 0.625. The molecule has 0 aliphatic heterocycles. The molecule has 0 aromatic carbocycles. The molecule has 1 saturated carbocycles. The highest BCUT2D eigenvalue weighted by molar-refractivity contribution is 5.98. The smallest absolute Gasteiger partial charge is 0.325 e. The van der Waals surface area contributed by atoms with Crippen molar-refractivity contribution in [2.75, 3.05) is 13.7 Å². The quantitative estimate of drug-likeness (QED) is 0.801. The third-order valence-corrected chi connectivity index (χ3v) is 4.33. The SMILES string of the molecule is COC(=O)CN(C(=O)c1c(C)oc(C)c1C)C1CCCC1. The number of carbonyl (C=O) groups excluding carboxylic acids is 2. The summed E-state index contributed by atoms with van der Waals surface area (Å²) in [6.07, 6.45) is 4.07. The molecule has 1 aliphatic rings. The van der Waals surface area contributed by atoms with Crippen LogP contribution in [-0.2, 0) is 9.53 Å². The van der Waals surface area contributed by atoms with Gasteiger partial charge in [-0.05, 0) is 33.6 Å². The molecule has 0 atom stereocenters. The molecule has 1 heterocycles. The Bertz CT molecular complexity index is 541. The Balaban J connectivity index is 2.30. The Labute approximate surface area is 125 Å². The number of hydrogen-bond donors (Lipinski definition) is 0. The van der Waals surface area contributed by atoms with E-state index in [-0.39, 0.29) is 24.5 Å². The maximum Gasteiger partial charge on any atom is 0.325 e. The van der Waals surface area contributed by atoms with Crippen LogP contribution in [0, 0.1) is 20.8 Å². The van der Waals surface area contributed by atoms with E-state index < -0.39 is 0 Å². The molecule has 21 heavy (non-hydrogen) atoms. The predicted molar refractivity (Wildman–Crippen MR) is 78.2 cm³/mol. The van der Waals surface area contributed by atoms with Crippen molar-refractivity contribution in [2.45, 2.75) is 52.5 Å². The zero-order chi connectivity index (χ0) is 15.6. The van der Waals surface area contributed by atoms with Crippen molar-refractivity contribution in [2.24, 2.45) is 0 Å². The fourth-order valence-corrected chi connectivity index (χ4v) is 3.04. The lowest BCUT2D eigenvalue weighted by Crippen LogP contribution is -2.43. The minimum atomic E-state index is -0.384. The van der Waals surface area contributed by atoms with Crippen molar-refractivity contribution >= 4 is 11.9 Å². The van der Waals surface area contributed by atoms with Crippen LogP contribution in [0.2, 0.25) is 0 Å². The van der Waals surface area contributed by atoms with Gasteiger partial charge in [-0.3, -0.25) is 9.59 Å². The van der Waals surface area contributed by atoms with Crippen LogP contribution >= 0.6 is 0 Å². The Morgan fingerprint density at radius 2 is 1.81 bits per heavy atom. The van der Waals surface area contributed by atoms with Gasteiger partial charge in [-0.2, -0.15) is 0 Å². The summed E-state index contributed by atoms with van der Waals surface area (Å²) in [7, 11) is 1.35. The molecule has 0 N–H and O–H groups in total. The summed E-state index contributed by atoms with van der Waals surface area (Å²) in [4.78, 5) is 26.2. The Kier molecular flexibility index (Phi) is 4.70. The molecule has 5 heteroatoms. The largest absolute Gasteiger partial charge is 0.468 e. The molecule has 0 spiro atoms. The number of esters is 1. The number of rotatable bonds is 4. The lowest BCUT2D eigenvalue weighted by Gasteiger charge is -2.28. The van der Waals surface area contributed by atoms with Gasteiger partial charge < -0.3 is 14.1 Å². The van der Waals surface area contributed by atoms with Crippen LogP contribution in [0.4, 0.5) is 0 Å². The molecule has 1 aromatic rings. The third-order valence-electron chi connectivity index (χ3n) is 4.33. The number of ether oxygens (including phenoxy) is 1. The summed E-state index contributed by atoms with van der Waals surface area (Å²) < 4.78 is 10.3. The van der Waals surface area contributed by atoms with E-state index in [0.717, 1.165) is 37.0 Å². The van der Waals surface area contributed by atoms with Crippen molar-refractivity contribution in [3.05, 3.63) is 22.6 Å². The molecule has 0 bridgehead atoms. The van der Waals surface area contributed by atoms with Crippen molar-refractivity contribution in [3.63, 3.8) is 0 Å². The highest BCUT2D eigenvalue weighted by atomic mass is 16.5. The van der Waals surface area contributed by atoms with Crippen LogP contribution in [0.25, 0.3) is 0 Å². The zero-order valence-corrected chi connectivity index (χ0v) is 13.2. The van der Waals surface area contributed by atoms with E-state index in [1.165, 1.54) is 7.11 Å². The predicted octanol–water partition coefficient (Wildman–Crippen LogP) is 2.76. The topological polar surface area (TPSA) is 59.8 Å². The molecule has 5 nitrogen and oxygen atoms in total. The second kappa shape index (κ2) is 6.33. The van der Waals surface area contributed by atoms with Gasteiger partial charge in [0.15, 0.2) is 0 Å². The van der Waals surface area contributed by atoms with E-state index in [4.69, 9.17) is 9.15 Å². The standard InChI is InChI=1S/C16H23NO4/c1-10-11(2)21-12(3)15(10)16(19)17(9-14(18)20-4)13-7-5-6-8-13/h13H,5-9H2,1-4H3. The van der Waals surface area contributed by atoms with Crippen LogP contribution in [0.5, 0.6) is 0 Å². The molecular formula is C16H23NO4. The highest BCUT2D eigenvalue weighted by Gasteiger charge is 2.32. The highest BCUT2D eigenvalue weighted by Crippen LogP contribution is 2.28. The van der Waals surface area contributed by atoms with Crippen molar-refractivity contribution in [1.29, 1.82) is 0 Å². The maximum atomic E-state index is 12.9. The zero-order valence-electron chi connectivity index (χ0n) is 13.2. The molecule has 116 valence electrons. The minimum absolute atomic E-state index is 0.00308.